The van der Waals surface area contributed by atoms with Crippen LogP contribution in [0.5, 0.6) is 5.75 Å². The van der Waals surface area contributed by atoms with E-state index in [2.05, 4.69) is 16.9 Å². The van der Waals surface area contributed by atoms with E-state index in [0.717, 1.165) is 28.8 Å². The van der Waals surface area contributed by atoms with E-state index >= 15 is 0 Å². The van der Waals surface area contributed by atoms with E-state index in [4.69, 9.17) is 4.74 Å². The number of rotatable bonds is 7. The molecule has 0 aliphatic carbocycles. The third-order valence-electron chi connectivity index (χ3n) is 5.03. The molecule has 0 saturated heterocycles. The first-order valence-electron chi connectivity index (χ1n) is 9.91. The predicted octanol–water partition coefficient (Wildman–Crippen LogP) is 4.63. The van der Waals surface area contributed by atoms with E-state index in [1.807, 2.05) is 67.6 Å². The molecular weight excluding hydrogens is 378 g/mol. The Morgan fingerprint density at radius 2 is 1.83 bits per heavy atom. The van der Waals surface area contributed by atoms with Gasteiger partial charge in [-0.15, -0.1) is 0 Å². The van der Waals surface area contributed by atoms with E-state index in [-0.39, 0.29) is 12.4 Å². The van der Waals surface area contributed by atoms with Crippen LogP contribution < -0.4 is 4.74 Å². The number of aromatic nitrogens is 3. The van der Waals surface area contributed by atoms with Crippen LogP contribution in [0.25, 0.3) is 11.0 Å². The van der Waals surface area contributed by atoms with Gasteiger partial charge < -0.3 is 14.4 Å². The Hall–Kier alpha value is -3.67. The Balaban J connectivity index is 1.73. The van der Waals surface area contributed by atoms with Crippen molar-refractivity contribution >= 4 is 17.0 Å². The lowest BCUT2D eigenvalue weighted by Gasteiger charge is -2.14. The van der Waals surface area contributed by atoms with Crippen molar-refractivity contribution in [3.63, 3.8) is 0 Å². The fraction of sp³-hybridized carbons (Fsp3) is 0.208. The number of ether oxygens (including phenoxy) is 1. The highest BCUT2D eigenvalue weighted by molar-refractivity contribution is 5.90. The van der Waals surface area contributed by atoms with E-state index in [0.29, 0.717) is 23.6 Å². The first-order chi connectivity index (χ1) is 14.5. The summed E-state index contributed by atoms with van der Waals surface area (Å²) in [7, 11) is 0. The molecule has 2 heterocycles. The van der Waals surface area contributed by atoms with Gasteiger partial charge in [-0.3, -0.25) is 4.98 Å². The van der Waals surface area contributed by atoms with Gasteiger partial charge in [0, 0.05) is 5.69 Å². The summed E-state index contributed by atoms with van der Waals surface area (Å²) in [5.74, 6) is -0.437. The second kappa shape index (κ2) is 8.37. The highest BCUT2D eigenvalue weighted by Crippen LogP contribution is 2.24. The number of hydrogen-bond donors (Lipinski definition) is 1. The molecule has 1 N–H and O–H groups in total. The number of benzene rings is 2. The zero-order chi connectivity index (χ0) is 21.1. The van der Waals surface area contributed by atoms with E-state index in [1.165, 1.54) is 0 Å². The van der Waals surface area contributed by atoms with Crippen LogP contribution in [-0.4, -0.2) is 25.6 Å². The van der Waals surface area contributed by atoms with E-state index in [9.17, 15) is 9.90 Å². The summed E-state index contributed by atoms with van der Waals surface area (Å²) in [5, 5.41) is 9.71. The summed E-state index contributed by atoms with van der Waals surface area (Å²) in [4.78, 5) is 20.8. The Kier molecular flexibility index (Phi) is 5.48. The maximum absolute atomic E-state index is 11.9. The summed E-state index contributed by atoms with van der Waals surface area (Å²) in [5.41, 5.74) is 5.13. The summed E-state index contributed by atoms with van der Waals surface area (Å²) in [6, 6.07) is 19.5. The molecule has 30 heavy (non-hydrogen) atoms. The van der Waals surface area contributed by atoms with Crippen molar-refractivity contribution in [2.24, 2.45) is 0 Å². The SMILES string of the molecule is CCc1ccc2nc(C(=O)O)n(Cc3nc(C)ccc3OCc3ccccc3)c2c1. The molecule has 4 aromatic rings. The molecule has 0 bridgehead atoms. The van der Waals surface area contributed by atoms with Crippen LogP contribution in [0.4, 0.5) is 0 Å². The van der Waals surface area contributed by atoms with Gasteiger partial charge in [-0.25, -0.2) is 9.78 Å². The molecule has 0 atom stereocenters. The van der Waals surface area contributed by atoms with Gasteiger partial charge in [-0.05, 0) is 48.7 Å². The highest BCUT2D eigenvalue weighted by atomic mass is 16.5. The lowest BCUT2D eigenvalue weighted by Crippen LogP contribution is -2.13. The molecule has 152 valence electrons. The maximum atomic E-state index is 11.9. The second-order valence-corrected chi connectivity index (χ2v) is 7.18. The zero-order valence-electron chi connectivity index (χ0n) is 17.0. The molecule has 2 aromatic carbocycles. The van der Waals surface area contributed by atoms with E-state index < -0.39 is 5.97 Å². The molecule has 2 aromatic heterocycles. The normalized spacial score (nSPS) is 11.0. The van der Waals surface area contributed by atoms with Crippen molar-refractivity contribution in [3.05, 3.63) is 89.0 Å². The highest BCUT2D eigenvalue weighted by Gasteiger charge is 2.19. The van der Waals surface area contributed by atoms with Crippen LogP contribution >= 0.6 is 0 Å². The molecule has 0 radical (unpaired) electrons. The van der Waals surface area contributed by atoms with Crippen LogP contribution in [0.2, 0.25) is 0 Å². The maximum Gasteiger partial charge on any atom is 0.372 e. The number of carboxylic acid groups (broad SMARTS) is 1. The summed E-state index contributed by atoms with van der Waals surface area (Å²) in [6.45, 7) is 4.65. The number of hydrogen-bond acceptors (Lipinski definition) is 4. The zero-order valence-corrected chi connectivity index (χ0v) is 17.0. The standard InChI is InChI=1S/C24H23N3O3/c1-3-17-10-11-19-21(13-17)27(23(26-19)24(28)29)14-20-22(12-9-16(2)25-20)30-15-18-7-5-4-6-8-18/h4-13H,3,14-15H2,1-2H3,(H,28,29). The fourth-order valence-corrected chi connectivity index (χ4v) is 3.44. The number of aryl methyl sites for hydroxylation is 2. The third kappa shape index (κ3) is 4.03. The van der Waals surface area contributed by atoms with Gasteiger partial charge in [-0.1, -0.05) is 43.3 Å². The summed E-state index contributed by atoms with van der Waals surface area (Å²) >= 11 is 0. The smallest absolute Gasteiger partial charge is 0.372 e. The van der Waals surface area contributed by atoms with Crippen LogP contribution in [0, 0.1) is 6.92 Å². The second-order valence-electron chi connectivity index (χ2n) is 7.18. The van der Waals surface area contributed by atoms with Crippen LogP contribution in [0.3, 0.4) is 0 Å². The molecule has 0 fully saturated rings. The Morgan fingerprint density at radius 1 is 1.03 bits per heavy atom. The monoisotopic (exact) mass is 401 g/mol. The molecule has 0 saturated carbocycles. The topological polar surface area (TPSA) is 77.2 Å². The van der Waals surface area contributed by atoms with Gasteiger partial charge in [0.25, 0.3) is 0 Å². The quantitative estimate of drug-likeness (QED) is 0.489. The van der Waals surface area contributed by atoms with Crippen molar-refractivity contribution in [1.82, 2.24) is 14.5 Å². The molecular formula is C24H23N3O3. The molecule has 6 nitrogen and oxygen atoms in total. The van der Waals surface area contributed by atoms with Gasteiger partial charge >= 0.3 is 5.97 Å². The minimum atomic E-state index is -1.07. The van der Waals surface area contributed by atoms with Gasteiger partial charge in [0.05, 0.1) is 17.6 Å². The largest absolute Gasteiger partial charge is 0.487 e. The van der Waals surface area contributed by atoms with Crippen molar-refractivity contribution in [2.45, 2.75) is 33.4 Å². The summed E-state index contributed by atoms with van der Waals surface area (Å²) < 4.78 is 7.74. The number of carbonyl (C=O) groups is 1. The first kappa shape index (κ1) is 19.6. The van der Waals surface area contributed by atoms with Crippen molar-refractivity contribution in [1.29, 1.82) is 0 Å². The van der Waals surface area contributed by atoms with E-state index in [1.54, 1.807) is 4.57 Å². The molecule has 0 spiro atoms. The average Bonchev–Trinajstić information content (AvgIpc) is 3.12. The molecule has 6 heteroatoms. The van der Waals surface area contributed by atoms with Crippen molar-refractivity contribution < 1.29 is 14.6 Å². The minimum absolute atomic E-state index is 0.00410. The van der Waals surface area contributed by atoms with Crippen LogP contribution in [0.1, 0.15) is 40.1 Å². The Bertz CT molecular complexity index is 1200. The summed E-state index contributed by atoms with van der Waals surface area (Å²) in [6.07, 6.45) is 0.859. The first-order valence-corrected chi connectivity index (χ1v) is 9.91. The molecule has 4 rings (SSSR count). The number of pyridine rings is 1. The molecule has 0 amide bonds. The molecule has 0 aliphatic heterocycles. The van der Waals surface area contributed by atoms with Gasteiger partial charge in [0.1, 0.15) is 18.1 Å². The Morgan fingerprint density at radius 3 is 2.57 bits per heavy atom. The van der Waals surface area contributed by atoms with Gasteiger partial charge in [0.15, 0.2) is 0 Å². The number of fused-ring (bicyclic) bond motifs is 1. The van der Waals surface area contributed by atoms with Gasteiger partial charge in [0.2, 0.25) is 5.82 Å². The fourth-order valence-electron chi connectivity index (χ4n) is 3.44. The lowest BCUT2D eigenvalue weighted by molar-refractivity contribution is 0.0679. The van der Waals surface area contributed by atoms with Crippen molar-refractivity contribution in [3.8, 4) is 5.75 Å². The predicted molar refractivity (Wildman–Crippen MR) is 115 cm³/mol. The number of imidazole rings is 1. The number of carboxylic acids is 1. The average molecular weight is 401 g/mol. The third-order valence-corrected chi connectivity index (χ3v) is 5.03. The van der Waals surface area contributed by atoms with Crippen molar-refractivity contribution in [2.75, 3.05) is 0 Å². The Labute approximate surface area is 174 Å². The van der Waals surface area contributed by atoms with Crippen LogP contribution in [-0.2, 0) is 19.6 Å². The molecule has 0 aliphatic rings. The lowest BCUT2D eigenvalue weighted by atomic mass is 10.1. The number of nitrogens with zero attached hydrogens (tertiary/aromatic N) is 3. The van der Waals surface area contributed by atoms with Crippen LogP contribution in [0.15, 0.2) is 60.7 Å². The molecule has 0 unspecified atom stereocenters. The number of aromatic carboxylic acids is 1. The van der Waals surface area contributed by atoms with Gasteiger partial charge in [-0.2, -0.15) is 0 Å². The minimum Gasteiger partial charge on any atom is -0.487 e.